The fraction of sp³-hybridized carbons (Fsp3) is 0.880. The Balaban J connectivity index is 4.38. The van der Waals surface area contributed by atoms with Gasteiger partial charge in [-0.3, -0.25) is 9.59 Å². The SMILES string of the molecule is CCC/C=C\CCCCCC(CC(=O)NC(CO)C(O)CCCCCCCCCCCCCCCCCCC)OC(=O)CCCCCCC/C=C\CCCCC. The van der Waals surface area contributed by atoms with E-state index >= 15 is 0 Å². The third kappa shape index (κ3) is 39.2. The molecule has 6 nitrogen and oxygen atoms in total. The van der Waals surface area contributed by atoms with Gasteiger partial charge in [-0.2, -0.15) is 0 Å². The Hall–Kier alpha value is -1.66. The number of aliphatic hydroxyl groups is 2. The van der Waals surface area contributed by atoms with Gasteiger partial charge < -0.3 is 20.3 Å². The molecule has 1 amide bonds. The second-order valence-corrected chi connectivity index (χ2v) is 16.9. The summed E-state index contributed by atoms with van der Waals surface area (Å²) in [7, 11) is 0. The van der Waals surface area contributed by atoms with Crippen LogP contribution >= 0.6 is 0 Å². The van der Waals surface area contributed by atoms with E-state index < -0.39 is 18.2 Å². The molecule has 0 fully saturated rings. The zero-order chi connectivity index (χ0) is 41.0. The van der Waals surface area contributed by atoms with Crippen molar-refractivity contribution in [1.82, 2.24) is 5.32 Å². The van der Waals surface area contributed by atoms with E-state index in [9.17, 15) is 19.8 Å². The number of allylic oxidation sites excluding steroid dienone is 4. The molecule has 0 aromatic rings. The van der Waals surface area contributed by atoms with Gasteiger partial charge in [-0.05, 0) is 70.6 Å². The zero-order valence-electron chi connectivity index (χ0n) is 37.5. The van der Waals surface area contributed by atoms with Gasteiger partial charge in [-0.1, -0.05) is 199 Å². The number of carbonyl (C=O) groups is 2. The molecule has 0 bridgehead atoms. The van der Waals surface area contributed by atoms with E-state index in [1.165, 1.54) is 135 Å². The molecule has 0 radical (unpaired) electrons. The molecule has 3 unspecified atom stereocenters. The summed E-state index contributed by atoms with van der Waals surface area (Å²) in [5.41, 5.74) is 0. The number of amides is 1. The fourth-order valence-electron chi connectivity index (χ4n) is 7.49. The van der Waals surface area contributed by atoms with Gasteiger partial charge in [0.15, 0.2) is 0 Å². The van der Waals surface area contributed by atoms with Gasteiger partial charge in [0, 0.05) is 6.42 Å². The monoisotopic (exact) mass is 790 g/mol. The highest BCUT2D eigenvalue weighted by Crippen LogP contribution is 2.18. The number of hydrogen-bond acceptors (Lipinski definition) is 5. The molecular formula is C50H95NO5. The van der Waals surface area contributed by atoms with Crippen molar-refractivity contribution in [3.8, 4) is 0 Å². The number of aliphatic hydroxyl groups excluding tert-OH is 2. The topological polar surface area (TPSA) is 95.9 Å². The number of carbonyl (C=O) groups excluding carboxylic acids is 2. The van der Waals surface area contributed by atoms with Gasteiger partial charge in [0.25, 0.3) is 0 Å². The first kappa shape index (κ1) is 54.3. The lowest BCUT2D eigenvalue weighted by Crippen LogP contribution is -2.46. The van der Waals surface area contributed by atoms with E-state index in [2.05, 4.69) is 50.4 Å². The molecule has 0 aromatic carbocycles. The number of unbranched alkanes of at least 4 members (excludes halogenated alkanes) is 28. The van der Waals surface area contributed by atoms with E-state index in [0.29, 0.717) is 19.3 Å². The summed E-state index contributed by atoms with van der Waals surface area (Å²) in [5.74, 6) is -0.497. The van der Waals surface area contributed by atoms with Gasteiger partial charge in [-0.15, -0.1) is 0 Å². The van der Waals surface area contributed by atoms with Crippen molar-refractivity contribution in [2.75, 3.05) is 6.61 Å². The zero-order valence-corrected chi connectivity index (χ0v) is 37.5. The van der Waals surface area contributed by atoms with E-state index in [1.54, 1.807) is 0 Å². The van der Waals surface area contributed by atoms with Gasteiger partial charge in [-0.25, -0.2) is 0 Å². The Bertz CT molecular complexity index is 889. The van der Waals surface area contributed by atoms with Crippen LogP contribution in [-0.2, 0) is 14.3 Å². The van der Waals surface area contributed by atoms with Crippen LogP contribution in [0.1, 0.15) is 258 Å². The summed E-state index contributed by atoms with van der Waals surface area (Å²) < 4.78 is 5.88. The van der Waals surface area contributed by atoms with Gasteiger partial charge in [0.1, 0.15) is 6.10 Å². The number of rotatable bonds is 44. The molecule has 0 rings (SSSR count). The largest absolute Gasteiger partial charge is 0.462 e. The average molecular weight is 790 g/mol. The lowest BCUT2D eigenvalue weighted by atomic mass is 10.0. The van der Waals surface area contributed by atoms with E-state index in [4.69, 9.17) is 4.74 Å². The molecule has 0 aliphatic carbocycles. The van der Waals surface area contributed by atoms with Crippen LogP contribution in [0, 0.1) is 0 Å². The highest BCUT2D eigenvalue weighted by Gasteiger charge is 2.24. The number of esters is 1. The first-order valence-corrected chi connectivity index (χ1v) is 24.6. The van der Waals surface area contributed by atoms with Gasteiger partial charge in [0.2, 0.25) is 5.91 Å². The molecule has 3 N–H and O–H groups in total. The average Bonchev–Trinajstić information content (AvgIpc) is 3.19. The number of nitrogens with one attached hydrogen (secondary N) is 1. The van der Waals surface area contributed by atoms with Crippen molar-refractivity contribution in [3.05, 3.63) is 24.3 Å². The molecule has 330 valence electrons. The molecule has 0 spiro atoms. The van der Waals surface area contributed by atoms with Gasteiger partial charge in [0.05, 0.1) is 25.2 Å². The molecule has 3 atom stereocenters. The third-order valence-corrected chi connectivity index (χ3v) is 11.2. The van der Waals surface area contributed by atoms with E-state index in [-0.39, 0.29) is 24.9 Å². The van der Waals surface area contributed by atoms with Crippen molar-refractivity contribution >= 4 is 11.9 Å². The number of ether oxygens (including phenoxy) is 1. The fourth-order valence-corrected chi connectivity index (χ4v) is 7.49. The Labute approximate surface area is 348 Å². The molecule has 0 aliphatic rings. The lowest BCUT2D eigenvalue weighted by Gasteiger charge is -2.24. The summed E-state index contributed by atoms with van der Waals surface area (Å²) in [6.07, 6.45) is 49.6. The van der Waals surface area contributed by atoms with Crippen molar-refractivity contribution in [2.45, 2.75) is 277 Å². The minimum absolute atomic E-state index is 0.0659. The second kappa shape index (κ2) is 44.4. The molecule has 6 heteroatoms. The molecule has 56 heavy (non-hydrogen) atoms. The first-order chi connectivity index (χ1) is 27.5. The van der Waals surface area contributed by atoms with Crippen LogP contribution in [0.15, 0.2) is 24.3 Å². The first-order valence-electron chi connectivity index (χ1n) is 24.6. The quantitative estimate of drug-likeness (QED) is 0.0324. The standard InChI is InChI=1S/C50H95NO5/c1-4-7-10-13-16-19-21-23-24-25-26-27-28-30-33-36-39-42-48(53)47(45-52)51-49(54)44-46(41-38-35-32-18-15-12-9-6-3)56-50(55)43-40-37-34-31-29-22-20-17-14-11-8-5-2/h12,15,17,20,46-48,52-53H,4-11,13-14,16,18-19,21-45H2,1-3H3,(H,51,54)/b15-12-,20-17-. The van der Waals surface area contributed by atoms with Crippen LogP contribution in [0.3, 0.4) is 0 Å². The highest BCUT2D eigenvalue weighted by atomic mass is 16.5. The maximum absolute atomic E-state index is 13.1. The van der Waals surface area contributed by atoms with E-state index in [1.807, 2.05) is 0 Å². The number of hydrogen-bond donors (Lipinski definition) is 3. The maximum atomic E-state index is 13.1. The summed E-state index contributed by atoms with van der Waals surface area (Å²) in [5, 5.41) is 23.7. The molecule has 0 aromatic heterocycles. The Morgan fingerprint density at radius 1 is 0.500 bits per heavy atom. The molecule has 0 heterocycles. The maximum Gasteiger partial charge on any atom is 0.306 e. The normalized spacial score (nSPS) is 13.4. The van der Waals surface area contributed by atoms with Crippen LogP contribution < -0.4 is 5.32 Å². The van der Waals surface area contributed by atoms with Crippen molar-refractivity contribution in [2.24, 2.45) is 0 Å². The summed E-state index contributed by atoms with van der Waals surface area (Å²) in [6.45, 7) is 6.39. The van der Waals surface area contributed by atoms with Crippen LogP contribution in [0.2, 0.25) is 0 Å². The summed E-state index contributed by atoms with van der Waals surface area (Å²) in [4.78, 5) is 25.9. The Morgan fingerprint density at radius 2 is 0.893 bits per heavy atom. The molecule has 0 saturated carbocycles. The van der Waals surface area contributed by atoms with Crippen LogP contribution in [0.25, 0.3) is 0 Å². The summed E-state index contributed by atoms with van der Waals surface area (Å²) >= 11 is 0. The van der Waals surface area contributed by atoms with Crippen LogP contribution in [0.5, 0.6) is 0 Å². The second-order valence-electron chi connectivity index (χ2n) is 16.9. The van der Waals surface area contributed by atoms with E-state index in [0.717, 1.165) is 77.0 Å². The Kier molecular flexibility index (Phi) is 43.1. The minimum atomic E-state index is -0.788. The van der Waals surface area contributed by atoms with Crippen LogP contribution in [0.4, 0.5) is 0 Å². The van der Waals surface area contributed by atoms with Crippen molar-refractivity contribution < 1.29 is 24.5 Å². The predicted octanol–water partition coefficient (Wildman–Crippen LogP) is 14.3. The van der Waals surface area contributed by atoms with Crippen LogP contribution in [-0.4, -0.2) is 46.9 Å². The molecular weight excluding hydrogens is 695 g/mol. The third-order valence-electron chi connectivity index (χ3n) is 11.2. The van der Waals surface area contributed by atoms with Crippen molar-refractivity contribution in [3.63, 3.8) is 0 Å². The lowest BCUT2D eigenvalue weighted by molar-refractivity contribution is -0.151. The molecule has 0 aliphatic heterocycles. The minimum Gasteiger partial charge on any atom is -0.462 e. The van der Waals surface area contributed by atoms with Gasteiger partial charge >= 0.3 is 5.97 Å². The predicted molar refractivity (Wildman–Crippen MR) is 241 cm³/mol. The smallest absolute Gasteiger partial charge is 0.306 e. The Morgan fingerprint density at radius 3 is 1.39 bits per heavy atom. The van der Waals surface area contributed by atoms with Crippen molar-refractivity contribution in [1.29, 1.82) is 0 Å². The summed E-state index contributed by atoms with van der Waals surface area (Å²) in [6, 6.07) is -0.702. The molecule has 0 saturated heterocycles. The highest BCUT2D eigenvalue weighted by molar-refractivity contribution is 5.77.